The first-order valence-corrected chi connectivity index (χ1v) is 8.40. The number of hydrogen-bond donors (Lipinski definition) is 1. The largest absolute Gasteiger partial charge is 0.485 e. The van der Waals surface area contributed by atoms with E-state index in [2.05, 4.69) is 5.43 Å². The lowest BCUT2D eigenvalue weighted by Gasteiger charge is -2.30. The van der Waals surface area contributed by atoms with E-state index in [4.69, 9.17) is 9.47 Å². The number of nitrogens with zero attached hydrogens (tertiary/aromatic N) is 1. The maximum absolute atomic E-state index is 12.8. The smallest absolute Gasteiger partial charge is 0.283 e. The molecule has 1 N–H and O–H groups in total. The zero-order chi connectivity index (χ0) is 17.8. The van der Waals surface area contributed by atoms with Gasteiger partial charge in [-0.15, -0.1) is 0 Å². The Morgan fingerprint density at radius 1 is 0.808 bits per heavy atom. The Bertz CT molecular complexity index is 845. The van der Waals surface area contributed by atoms with Gasteiger partial charge in [0.25, 0.3) is 5.91 Å². The van der Waals surface area contributed by atoms with Gasteiger partial charge in [-0.05, 0) is 36.4 Å². The van der Waals surface area contributed by atoms with Crippen molar-refractivity contribution in [3.8, 4) is 11.5 Å². The number of fused-ring (bicyclic) bond motifs is 1. The zero-order valence-electron chi connectivity index (χ0n) is 14.0. The molecule has 3 aromatic rings. The van der Waals surface area contributed by atoms with Crippen LogP contribution in [0.5, 0.6) is 11.5 Å². The molecule has 0 spiro atoms. The van der Waals surface area contributed by atoms with Gasteiger partial charge in [0.2, 0.25) is 6.10 Å². The summed E-state index contributed by atoms with van der Waals surface area (Å²) in [4.78, 5) is 12.8. The molecular weight excluding hydrogens is 328 g/mol. The number of carbonyl (C=O) groups excluding carboxylic acids is 1. The Hall–Kier alpha value is -3.47. The highest BCUT2D eigenvalue weighted by molar-refractivity contribution is 5.85. The van der Waals surface area contributed by atoms with Crippen molar-refractivity contribution < 1.29 is 14.3 Å². The second-order valence-electron chi connectivity index (χ2n) is 5.85. The highest BCUT2D eigenvalue weighted by Gasteiger charge is 2.28. The molecule has 1 amide bonds. The summed E-state index contributed by atoms with van der Waals surface area (Å²) >= 11 is 0. The third-order valence-electron chi connectivity index (χ3n) is 4.05. The fourth-order valence-corrected chi connectivity index (χ4v) is 2.76. The molecule has 26 heavy (non-hydrogen) atoms. The van der Waals surface area contributed by atoms with Crippen molar-refractivity contribution in [1.82, 2.24) is 5.43 Å². The van der Waals surface area contributed by atoms with Crippen molar-refractivity contribution in [2.24, 2.45) is 0 Å². The predicted molar refractivity (Wildman–Crippen MR) is 99.5 cm³/mol. The molecule has 5 nitrogen and oxygen atoms in total. The molecule has 1 aliphatic rings. The third kappa shape index (κ3) is 3.32. The van der Waals surface area contributed by atoms with Gasteiger partial charge in [0.15, 0.2) is 11.5 Å². The fourth-order valence-electron chi connectivity index (χ4n) is 2.76. The van der Waals surface area contributed by atoms with Crippen LogP contribution >= 0.6 is 0 Å². The van der Waals surface area contributed by atoms with E-state index in [0.29, 0.717) is 11.5 Å². The maximum atomic E-state index is 12.8. The Labute approximate surface area is 151 Å². The van der Waals surface area contributed by atoms with Gasteiger partial charge in [-0.25, -0.2) is 0 Å². The standard InChI is InChI=1S/C21H18N2O3/c24-21(20-15-25-18-13-7-8-14-19(18)26-20)22-23(16-9-3-1-4-10-16)17-11-5-2-6-12-17/h1-14,20H,15H2,(H,22,24)/t20-/m0/s1. The van der Waals surface area contributed by atoms with E-state index >= 15 is 0 Å². The first-order chi connectivity index (χ1) is 12.8. The molecule has 130 valence electrons. The van der Waals surface area contributed by atoms with Gasteiger partial charge < -0.3 is 9.47 Å². The van der Waals surface area contributed by atoms with E-state index in [1.54, 1.807) is 11.1 Å². The summed E-state index contributed by atoms with van der Waals surface area (Å²) in [6.45, 7) is 0.167. The van der Waals surface area contributed by atoms with E-state index < -0.39 is 6.10 Å². The summed E-state index contributed by atoms with van der Waals surface area (Å²) in [6, 6.07) is 26.6. The van der Waals surface area contributed by atoms with E-state index in [-0.39, 0.29) is 12.5 Å². The van der Waals surface area contributed by atoms with Gasteiger partial charge in [-0.1, -0.05) is 48.5 Å². The van der Waals surface area contributed by atoms with Crippen molar-refractivity contribution in [2.45, 2.75) is 6.10 Å². The molecule has 1 heterocycles. The molecule has 1 atom stereocenters. The van der Waals surface area contributed by atoms with Crippen molar-refractivity contribution in [3.63, 3.8) is 0 Å². The van der Waals surface area contributed by atoms with E-state index in [0.717, 1.165) is 11.4 Å². The molecule has 0 unspecified atom stereocenters. The van der Waals surface area contributed by atoms with Crippen molar-refractivity contribution in [3.05, 3.63) is 84.9 Å². The van der Waals surface area contributed by atoms with Crippen LogP contribution in [-0.4, -0.2) is 18.6 Å². The number of amides is 1. The van der Waals surface area contributed by atoms with Crippen molar-refractivity contribution in [1.29, 1.82) is 0 Å². The van der Waals surface area contributed by atoms with Crippen LogP contribution in [0, 0.1) is 0 Å². The Kier molecular flexibility index (Phi) is 4.43. The molecule has 4 rings (SSSR count). The first kappa shape index (κ1) is 16.0. The summed E-state index contributed by atoms with van der Waals surface area (Å²) < 4.78 is 11.4. The molecule has 1 aliphatic heterocycles. The SMILES string of the molecule is O=C(NN(c1ccccc1)c1ccccc1)[C@@H]1COc2ccccc2O1. The van der Waals surface area contributed by atoms with Crippen LogP contribution in [0.4, 0.5) is 11.4 Å². The number of nitrogens with one attached hydrogen (secondary N) is 1. The molecule has 0 bridgehead atoms. The number of hydrazine groups is 1. The molecule has 0 aliphatic carbocycles. The van der Waals surface area contributed by atoms with Gasteiger partial charge >= 0.3 is 0 Å². The Morgan fingerprint density at radius 3 is 1.96 bits per heavy atom. The second-order valence-corrected chi connectivity index (χ2v) is 5.85. The third-order valence-corrected chi connectivity index (χ3v) is 4.05. The first-order valence-electron chi connectivity index (χ1n) is 8.40. The minimum absolute atomic E-state index is 0.167. The quantitative estimate of drug-likeness (QED) is 0.732. The van der Waals surface area contributed by atoms with Crippen LogP contribution in [0.2, 0.25) is 0 Å². The van der Waals surface area contributed by atoms with E-state index in [9.17, 15) is 4.79 Å². The number of benzene rings is 3. The lowest BCUT2D eigenvalue weighted by molar-refractivity contribution is -0.130. The highest BCUT2D eigenvalue weighted by Crippen LogP contribution is 2.31. The summed E-state index contributed by atoms with van der Waals surface area (Å²) in [5.41, 5.74) is 4.64. The summed E-state index contributed by atoms with van der Waals surface area (Å²) in [5.74, 6) is 0.955. The number of ether oxygens (including phenoxy) is 2. The average molecular weight is 346 g/mol. The van der Waals surface area contributed by atoms with E-state index in [1.165, 1.54) is 0 Å². The highest BCUT2D eigenvalue weighted by atomic mass is 16.6. The van der Waals surface area contributed by atoms with Crippen LogP contribution in [0.25, 0.3) is 0 Å². The van der Waals surface area contributed by atoms with E-state index in [1.807, 2.05) is 78.9 Å². The normalized spacial score (nSPS) is 15.2. The molecular formula is C21H18N2O3. The zero-order valence-corrected chi connectivity index (χ0v) is 14.0. The molecule has 0 fully saturated rings. The minimum atomic E-state index is -0.722. The number of rotatable bonds is 4. The number of para-hydroxylation sites is 4. The summed E-state index contributed by atoms with van der Waals surface area (Å²) in [7, 11) is 0. The van der Waals surface area contributed by atoms with Crippen molar-refractivity contribution >= 4 is 17.3 Å². The fraction of sp³-hybridized carbons (Fsp3) is 0.0952. The van der Waals surface area contributed by atoms with Gasteiger partial charge in [-0.3, -0.25) is 15.2 Å². The maximum Gasteiger partial charge on any atom is 0.283 e. The number of hydrogen-bond acceptors (Lipinski definition) is 4. The van der Waals surface area contributed by atoms with Gasteiger partial charge in [0.05, 0.1) is 11.4 Å². The Balaban J connectivity index is 1.56. The van der Waals surface area contributed by atoms with Gasteiger partial charge in [0, 0.05) is 0 Å². The van der Waals surface area contributed by atoms with Crippen LogP contribution in [0.15, 0.2) is 84.9 Å². The molecule has 5 heteroatoms. The summed E-state index contributed by atoms with van der Waals surface area (Å²) in [6.07, 6.45) is -0.722. The molecule has 0 saturated carbocycles. The van der Waals surface area contributed by atoms with Crippen LogP contribution in [0.1, 0.15) is 0 Å². The number of anilines is 2. The topological polar surface area (TPSA) is 50.8 Å². The molecule has 0 aromatic heterocycles. The average Bonchev–Trinajstić information content (AvgIpc) is 2.72. The van der Waals surface area contributed by atoms with Crippen LogP contribution < -0.4 is 19.9 Å². The lowest BCUT2D eigenvalue weighted by Crippen LogP contribution is -2.49. The summed E-state index contributed by atoms with van der Waals surface area (Å²) in [5, 5.41) is 1.74. The molecule has 3 aromatic carbocycles. The van der Waals surface area contributed by atoms with Gasteiger partial charge in [0.1, 0.15) is 6.61 Å². The molecule has 0 saturated heterocycles. The predicted octanol–water partition coefficient (Wildman–Crippen LogP) is 3.70. The second kappa shape index (κ2) is 7.19. The van der Waals surface area contributed by atoms with Crippen LogP contribution in [-0.2, 0) is 4.79 Å². The number of carbonyl (C=O) groups is 1. The Morgan fingerprint density at radius 2 is 1.35 bits per heavy atom. The van der Waals surface area contributed by atoms with Gasteiger partial charge in [-0.2, -0.15) is 0 Å². The van der Waals surface area contributed by atoms with Crippen LogP contribution in [0.3, 0.4) is 0 Å². The minimum Gasteiger partial charge on any atom is -0.485 e. The van der Waals surface area contributed by atoms with Crippen molar-refractivity contribution in [2.75, 3.05) is 11.6 Å². The molecule has 0 radical (unpaired) electrons. The monoisotopic (exact) mass is 346 g/mol. The lowest BCUT2D eigenvalue weighted by atomic mass is 10.2.